The van der Waals surface area contributed by atoms with E-state index in [1.165, 1.54) is 12.1 Å². The fraction of sp³-hybridized carbons (Fsp3) is 0.353. The van der Waals surface area contributed by atoms with E-state index < -0.39 is 33.5 Å². The van der Waals surface area contributed by atoms with Gasteiger partial charge in [0.15, 0.2) is 0 Å². The molecule has 6 nitrogen and oxygen atoms in total. The molecule has 158 valence electrons. The average Bonchev–Trinajstić information content (AvgIpc) is 2.64. The van der Waals surface area contributed by atoms with Gasteiger partial charge in [0, 0.05) is 24.2 Å². The largest absolute Gasteiger partial charge is 0.446 e. The van der Waals surface area contributed by atoms with Crippen LogP contribution in [0.4, 0.5) is 23.4 Å². The number of benzene rings is 1. The minimum Gasteiger partial charge on any atom is -0.390 e. The molecule has 0 spiro atoms. The Morgan fingerprint density at radius 2 is 1.86 bits per heavy atom. The Morgan fingerprint density at radius 1 is 1.17 bits per heavy atom. The first-order valence-electron chi connectivity index (χ1n) is 8.47. The van der Waals surface area contributed by atoms with Crippen LogP contribution in [0.3, 0.4) is 0 Å². The van der Waals surface area contributed by atoms with Crippen LogP contribution in [0, 0.1) is 5.82 Å². The van der Waals surface area contributed by atoms with Crippen LogP contribution in [0.5, 0.6) is 0 Å². The van der Waals surface area contributed by atoms with Crippen LogP contribution in [-0.4, -0.2) is 53.6 Å². The summed E-state index contributed by atoms with van der Waals surface area (Å²) >= 11 is -0.279. The summed E-state index contributed by atoms with van der Waals surface area (Å²) in [4.78, 5) is 3.77. The van der Waals surface area contributed by atoms with Crippen LogP contribution < -0.4 is 5.32 Å². The summed E-state index contributed by atoms with van der Waals surface area (Å²) in [7, 11) is -3.88. The Labute approximate surface area is 169 Å². The number of halogens is 4. The molecule has 3 rings (SSSR count). The molecular formula is C17H17F4N3O3S2. The first kappa shape index (κ1) is 21.8. The van der Waals surface area contributed by atoms with Crippen molar-refractivity contribution >= 4 is 27.6 Å². The Morgan fingerprint density at radius 3 is 2.41 bits per heavy atom. The van der Waals surface area contributed by atoms with Crippen molar-refractivity contribution in [3.63, 3.8) is 0 Å². The van der Waals surface area contributed by atoms with Gasteiger partial charge in [0.25, 0.3) is 0 Å². The molecule has 0 unspecified atom stereocenters. The van der Waals surface area contributed by atoms with Gasteiger partial charge in [-0.25, -0.2) is 17.8 Å². The third-order valence-corrected chi connectivity index (χ3v) is 6.89. The van der Waals surface area contributed by atoms with E-state index >= 15 is 0 Å². The van der Waals surface area contributed by atoms with E-state index in [0.717, 1.165) is 34.8 Å². The number of hydrogen-bond acceptors (Lipinski definition) is 6. The Hall–Kier alpha value is -1.89. The molecule has 12 heteroatoms. The molecule has 1 aromatic heterocycles. The van der Waals surface area contributed by atoms with Crippen molar-refractivity contribution < 1.29 is 31.1 Å². The second-order valence-corrected chi connectivity index (χ2v) is 9.43. The number of sulfonamides is 1. The third-order valence-electron chi connectivity index (χ3n) is 4.30. The lowest BCUT2D eigenvalue weighted by atomic mass is 10.0. The second kappa shape index (κ2) is 8.46. The molecule has 1 fully saturated rings. The number of hydrogen-bond donors (Lipinski definition) is 2. The van der Waals surface area contributed by atoms with Crippen molar-refractivity contribution in [3.05, 3.63) is 48.4 Å². The van der Waals surface area contributed by atoms with Crippen molar-refractivity contribution in [3.8, 4) is 0 Å². The van der Waals surface area contributed by atoms with Gasteiger partial charge in [-0.1, -0.05) is 0 Å². The first-order chi connectivity index (χ1) is 13.5. The summed E-state index contributed by atoms with van der Waals surface area (Å²) in [5.74, 6) is -0.283. The summed E-state index contributed by atoms with van der Waals surface area (Å²) in [5, 5.41) is 13.3. The lowest BCUT2D eigenvalue weighted by Gasteiger charge is -2.35. The number of aromatic nitrogens is 1. The van der Waals surface area contributed by atoms with Gasteiger partial charge >= 0.3 is 5.51 Å². The molecule has 1 aromatic carbocycles. The van der Waals surface area contributed by atoms with E-state index in [1.807, 2.05) is 0 Å². The highest BCUT2D eigenvalue weighted by atomic mass is 32.2. The molecule has 1 saturated heterocycles. The molecule has 29 heavy (non-hydrogen) atoms. The molecule has 0 radical (unpaired) electrons. The Bertz CT molecular complexity index is 938. The Balaban J connectivity index is 1.62. The smallest absolute Gasteiger partial charge is 0.390 e. The minimum absolute atomic E-state index is 0.0659. The maximum Gasteiger partial charge on any atom is 0.446 e. The maximum atomic E-state index is 13.0. The summed E-state index contributed by atoms with van der Waals surface area (Å²) in [6, 6.07) is 6.51. The van der Waals surface area contributed by atoms with Crippen molar-refractivity contribution in [2.75, 3.05) is 18.4 Å². The van der Waals surface area contributed by atoms with Crippen LogP contribution in [0.1, 0.15) is 6.42 Å². The molecule has 0 amide bonds. The number of rotatable bonds is 5. The number of nitrogens with one attached hydrogen (secondary N) is 1. The number of β-amino-alcohol motifs (C(OH)–C–C–N with tert-alkyl or cyclic N) is 1. The van der Waals surface area contributed by atoms with E-state index in [0.29, 0.717) is 0 Å². The molecule has 2 aromatic rings. The molecule has 0 saturated carbocycles. The first-order valence-corrected chi connectivity index (χ1v) is 10.7. The van der Waals surface area contributed by atoms with E-state index in [1.54, 1.807) is 0 Å². The third kappa shape index (κ3) is 5.59. The summed E-state index contributed by atoms with van der Waals surface area (Å²) in [5.41, 5.74) is -4.41. The normalized spacial score (nSPS) is 21.1. The van der Waals surface area contributed by atoms with Crippen LogP contribution in [0.25, 0.3) is 0 Å². The fourth-order valence-corrected chi connectivity index (χ4v) is 4.88. The predicted molar refractivity (Wildman–Crippen MR) is 99.3 cm³/mol. The second-order valence-electron chi connectivity index (χ2n) is 6.35. The quantitative estimate of drug-likeness (QED) is 0.537. The number of aliphatic hydroxyl groups excluding tert-OH is 1. The lowest BCUT2D eigenvalue weighted by molar-refractivity contribution is -0.0328. The molecule has 2 atom stereocenters. The molecule has 1 aliphatic rings. The zero-order valence-corrected chi connectivity index (χ0v) is 16.4. The van der Waals surface area contributed by atoms with Crippen LogP contribution in [-0.2, 0) is 10.0 Å². The predicted octanol–water partition coefficient (Wildman–Crippen LogP) is 3.07. The summed E-state index contributed by atoms with van der Waals surface area (Å²) in [6.07, 6.45) is 0.258. The van der Waals surface area contributed by atoms with Crippen molar-refractivity contribution in [2.45, 2.75) is 33.9 Å². The van der Waals surface area contributed by atoms with E-state index in [4.69, 9.17) is 0 Å². The van der Waals surface area contributed by atoms with Gasteiger partial charge < -0.3 is 10.4 Å². The van der Waals surface area contributed by atoms with Gasteiger partial charge in [-0.15, -0.1) is 0 Å². The highest BCUT2D eigenvalue weighted by Gasteiger charge is 2.35. The summed E-state index contributed by atoms with van der Waals surface area (Å²) < 4.78 is 76.5. The van der Waals surface area contributed by atoms with Crippen LogP contribution in [0.15, 0.2) is 52.4 Å². The zero-order valence-electron chi connectivity index (χ0n) is 14.8. The molecule has 0 aliphatic carbocycles. The molecule has 2 N–H and O–H groups in total. The highest BCUT2D eigenvalue weighted by molar-refractivity contribution is 8.00. The van der Waals surface area contributed by atoms with Crippen molar-refractivity contribution in [1.82, 2.24) is 9.29 Å². The topological polar surface area (TPSA) is 82.5 Å². The van der Waals surface area contributed by atoms with Crippen LogP contribution in [0.2, 0.25) is 0 Å². The van der Waals surface area contributed by atoms with Gasteiger partial charge in [0.1, 0.15) is 11.6 Å². The highest BCUT2D eigenvalue weighted by Crippen LogP contribution is 2.36. The standard InChI is InChI=1S/C17H17F4N3O3S2/c18-11-1-4-13(5-2-11)29(26,27)24-8-7-14(15(25)10-24)23-16-6-3-12(9-22-16)28-17(19,20)21/h1-6,9,14-15,25H,7-8,10H2,(H,22,23)/t14-,15+/m1/s1. The number of pyridine rings is 1. The maximum absolute atomic E-state index is 13.0. The number of anilines is 1. The fourth-order valence-electron chi connectivity index (χ4n) is 2.89. The molecule has 0 bridgehead atoms. The number of aliphatic hydroxyl groups is 1. The average molecular weight is 451 g/mol. The Kier molecular flexibility index (Phi) is 6.36. The number of alkyl halides is 3. The van der Waals surface area contributed by atoms with Gasteiger partial charge in [-0.2, -0.15) is 17.5 Å². The lowest BCUT2D eigenvalue weighted by Crippen LogP contribution is -2.51. The van der Waals surface area contributed by atoms with Crippen molar-refractivity contribution in [2.24, 2.45) is 0 Å². The van der Waals surface area contributed by atoms with E-state index in [2.05, 4.69) is 10.3 Å². The minimum atomic E-state index is -4.41. The van der Waals surface area contributed by atoms with Gasteiger partial charge in [-0.3, -0.25) is 0 Å². The van der Waals surface area contributed by atoms with Crippen molar-refractivity contribution in [1.29, 1.82) is 0 Å². The van der Waals surface area contributed by atoms with Crippen LogP contribution >= 0.6 is 11.8 Å². The van der Waals surface area contributed by atoms with Gasteiger partial charge in [0.05, 0.1) is 17.0 Å². The van der Waals surface area contributed by atoms with E-state index in [-0.39, 0.29) is 46.9 Å². The van der Waals surface area contributed by atoms with Gasteiger partial charge in [-0.05, 0) is 54.6 Å². The molecular weight excluding hydrogens is 434 g/mol. The van der Waals surface area contributed by atoms with E-state index in [9.17, 15) is 31.1 Å². The van der Waals surface area contributed by atoms with Gasteiger partial charge in [0.2, 0.25) is 10.0 Å². The molecule has 1 aliphatic heterocycles. The number of thioether (sulfide) groups is 1. The molecule has 2 heterocycles. The zero-order chi connectivity index (χ0) is 21.2. The number of piperidine rings is 1. The SMILES string of the molecule is O=S(=O)(c1ccc(F)cc1)N1CC[C@@H](Nc2ccc(SC(F)(F)F)cn2)[C@@H](O)C1. The summed E-state index contributed by atoms with van der Waals surface area (Å²) in [6.45, 7) is -0.0736. The monoisotopic (exact) mass is 451 g/mol. The number of nitrogens with zero attached hydrogens (tertiary/aromatic N) is 2.